The number of amides is 1. The summed E-state index contributed by atoms with van der Waals surface area (Å²) in [6.07, 6.45) is 0. The highest BCUT2D eigenvalue weighted by atomic mass is 16.4. The van der Waals surface area contributed by atoms with Crippen molar-refractivity contribution in [1.82, 2.24) is 10.3 Å². The topological polar surface area (TPSA) is 58.4 Å². The Hall–Kier alpha value is -3.08. The number of para-hydroxylation sites is 1. The van der Waals surface area contributed by atoms with Crippen molar-refractivity contribution < 1.29 is 9.21 Å². The highest BCUT2D eigenvalue weighted by molar-refractivity contribution is 5.92. The fraction of sp³-hybridized carbons (Fsp3) is 0.273. The first-order valence-electron chi connectivity index (χ1n) is 9.21. The van der Waals surface area contributed by atoms with Crippen LogP contribution in [0.3, 0.4) is 0 Å². The van der Waals surface area contributed by atoms with E-state index >= 15 is 0 Å². The Labute approximate surface area is 160 Å². The van der Waals surface area contributed by atoms with Gasteiger partial charge >= 0.3 is 0 Å². The number of likely N-dealkylation sites (N-methyl/N-ethyl adjacent to an activating group) is 1. The third-order valence-electron chi connectivity index (χ3n) is 4.53. The molecule has 1 aromatic heterocycles. The number of hydrogen-bond donors (Lipinski definition) is 1. The average molecular weight is 363 g/mol. The number of anilines is 1. The Morgan fingerprint density at radius 1 is 1.07 bits per heavy atom. The van der Waals surface area contributed by atoms with E-state index in [9.17, 15) is 4.79 Å². The van der Waals surface area contributed by atoms with Gasteiger partial charge in [-0.1, -0.05) is 36.4 Å². The van der Waals surface area contributed by atoms with Crippen LogP contribution in [0.4, 0.5) is 5.69 Å². The molecule has 5 nitrogen and oxygen atoms in total. The maximum Gasteiger partial charge on any atom is 0.289 e. The number of nitrogens with zero attached hydrogens (tertiary/aromatic N) is 2. The molecule has 1 amide bonds. The molecule has 1 heterocycles. The van der Waals surface area contributed by atoms with E-state index in [-0.39, 0.29) is 11.7 Å². The van der Waals surface area contributed by atoms with Crippen molar-refractivity contribution in [2.75, 3.05) is 24.5 Å². The molecule has 0 aliphatic rings. The molecular weight excluding hydrogens is 338 g/mol. The quantitative estimate of drug-likeness (QED) is 0.683. The van der Waals surface area contributed by atoms with Crippen LogP contribution < -0.4 is 10.2 Å². The number of oxazole rings is 1. The minimum absolute atomic E-state index is 0.233. The van der Waals surface area contributed by atoms with Crippen LogP contribution in [0.1, 0.15) is 28.7 Å². The number of hydrogen-bond acceptors (Lipinski definition) is 4. The second-order valence-corrected chi connectivity index (χ2v) is 6.42. The second-order valence-electron chi connectivity index (χ2n) is 6.42. The molecule has 5 heteroatoms. The Balaban J connectivity index is 1.63. The van der Waals surface area contributed by atoms with Gasteiger partial charge in [-0.3, -0.25) is 4.79 Å². The smallest absolute Gasteiger partial charge is 0.289 e. The lowest BCUT2D eigenvalue weighted by Crippen LogP contribution is -2.35. The lowest BCUT2D eigenvalue weighted by atomic mass is 10.2. The molecule has 0 fully saturated rings. The van der Waals surface area contributed by atoms with Gasteiger partial charge in [-0.05, 0) is 44.5 Å². The van der Waals surface area contributed by atoms with Crippen molar-refractivity contribution in [2.45, 2.75) is 20.8 Å². The molecule has 2 aromatic carbocycles. The average Bonchev–Trinajstić information content (AvgIpc) is 3.08. The van der Waals surface area contributed by atoms with Crippen molar-refractivity contribution in [1.29, 1.82) is 0 Å². The van der Waals surface area contributed by atoms with E-state index in [1.54, 1.807) is 6.92 Å². The highest BCUT2D eigenvalue weighted by Gasteiger charge is 2.18. The van der Waals surface area contributed by atoms with Crippen molar-refractivity contribution >= 4 is 11.6 Å². The first-order valence-corrected chi connectivity index (χ1v) is 9.21. The normalized spacial score (nSPS) is 10.6. The molecule has 0 spiro atoms. The summed E-state index contributed by atoms with van der Waals surface area (Å²) in [6.45, 7) is 8.13. The molecule has 140 valence electrons. The van der Waals surface area contributed by atoms with Crippen LogP contribution in [0.25, 0.3) is 11.5 Å². The third-order valence-corrected chi connectivity index (χ3v) is 4.53. The van der Waals surface area contributed by atoms with Gasteiger partial charge < -0.3 is 14.6 Å². The van der Waals surface area contributed by atoms with Crippen molar-refractivity contribution in [2.24, 2.45) is 0 Å². The summed E-state index contributed by atoms with van der Waals surface area (Å²) in [4.78, 5) is 19.2. The molecule has 0 radical (unpaired) electrons. The van der Waals surface area contributed by atoms with Crippen molar-refractivity contribution in [3.05, 3.63) is 71.6 Å². The zero-order valence-corrected chi connectivity index (χ0v) is 16.0. The maximum absolute atomic E-state index is 12.5. The van der Waals surface area contributed by atoms with Gasteiger partial charge in [0.25, 0.3) is 5.91 Å². The fourth-order valence-electron chi connectivity index (χ4n) is 3.06. The first kappa shape index (κ1) is 18.7. The van der Waals surface area contributed by atoms with Crippen LogP contribution in [0.15, 0.2) is 59.0 Å². The summed E-state index contributed by atoms with van der Waals surface area (Å²) in [6, 6.07) is 17.9. The fourth-order valence-corrected chi connectivity index (χ4v) is 3.06. The van der Waals surface area contributed by atoms with Gasteiger partial charge in [0.1, 0.15) is 0 Å². The Morgan fingerprint density at radius 3 is 2.48 bits per heavy atom. The highest BCUT2D eigenvalue weighted by Crippen LogP contribution is 2.21. The number of carbonyl (C=O) groups is 1. The second kappa shape index (κ2) is 8.54. The van der Waals surface area contributed by atoms with Gasteiger partial charge in [0.2, 0.25) is 11.7 Å². The molecular formula is C22H25N3O2. The summed E-state index contributed by atoms with van der Waals surface area (Å²) in [5.41, 5.74) is 3.87. The Morgan fingerprint density at radius 2 is 1.78 bits per heavy atom. The summed E-state index contributed by atoms with van der Waals surface area (Å²) >= 11 is 0. The number of carbonyl (C=O) groups excluding carboxylic acids is 1. The van der Waals surface area contributed by atoms with E-state index in [1.165, 1.54) is 11.3 Å². The zero-order chi connectivity index (χ0) is 19.2. The molecule has 0 bridgehead atoms. The lowest BCUT2D eigenvalue weighted by molar-refractivity contribution is 0.0927. The van der Waals surface area contributed by atoms with Gasteiger partial charge in [0.15, 0.2) is 0 Å². The van der Waals surface area contributed by atoms with Gasteiger partial charge in [-0.15, -0.1) is 0 Å². The van der Waals surface area contributed by atoms with Crippen LogP contribution in [0.2, 0.25) is 0 Å². The van der Waals surface area contributed by atoms with Gasteiger partial charge in [0.05, 0.1) is 5.69 Å². The molecule has 3 aromatic rings. The summed E-state index contributed by atoms with van der Waals surface area (Å²) in [5.74, 6) is 0.504. The number of nitrogens with one attached hydrogen (secondary N) is 1. The van der Waals surface area contributed by atoms with Crippen molar-refractivity contribution in [3.8, 4) is 11.5 Å². The molecule has 0 atom stereocenters. The first-order chi connectivity index (χ1) is 13.1. The molecule has 0 saturated heterocycles. The molecule has 0 unspecified atom stereocenters. The van der Waals surface area contributed by atoms with Gasteiger partial charge in [0, 0.05) is 30.9 Å². The standard InChI is InChI=1S/C22H25N3O2/c1-4-25(19-13-9-8-10-16(19)2)15-14-23-21(26)20-17(3)24-22(27-20)18-11-6-5-7-12-18/h5-13H,4,14-15H2,1-3H3,(H,23,26). The molecule has 3 rings (SSSR count). The van der Waals surface area contributed by atoms with Crippen LogP contribution in [-0.2, 0) is 0 Å². The van der Waals surface area contributed by atoms with E-state index in [0.717, 1.165) is 18.7 Å². The largest absolute Gasteiger partial charge is 0.431 e. The van der Waals surface area contributed by atoms with E-state index < -0.39 is 0 Å². The monoisotopic (exact) mass is 363 g/mol. The molecule has 0 aliphatic carbocycles. The van der Waals surface area contributed by atoms with E-state index in [1.807, 2.05) is 42.5 Å². The SMILES string of the molecule is CCN(CCNC(=O)c1oc(-c2ccccc2)nc1C)c1ccccc1C. The predicted octanol–water partition coefficient (Wildman–Crippen LogP) is 4.21. The van der Waals surface area contributed by atoms with Crippen LogP contribution in [0, 0.1) is 13.8 Å². The molecule has 0 aliphatic heterocycles. The number of benzene rings is 2. The maximum atomic E-state index is 12.5. The minimum atomic E-state index is -0.233. The molecule has 0 saturated carbocycles. The molecule has 1 N–H and O–H groups in total. The number of aryl methyl sites for hydroxylation is 2. The van der Waals surface area contributed by atoms with Crippen LogP contribution in [0.5, 0.6) is 0 Å². The van der Waals surface area contributed by atoms with E-state index in [4.69, 9.17) is 4.42 Å². The Kier molecular flexibility index (Phi) is 5.91. The van der Waals surface area contributed by atoms with Crippen LogP contribution in [-0.4, -0.2) is 30.5 Å². The Bertz CT molecular complexity index is 903. The van der Waals surface area contributed by atoms with Crippen LogP contribution >= 0.6 is 0 Å². The molecule has 27 heavy (non-hydrogen) atoms. The van der Waals surface area contributed by atoms with Crippen molar-refractivity contribution in [3.63, 3.8) is 0 Å². The number of rotatable bonds is 7. The van der Waals surface area contributed by atoms with E-state index in [2.05, 4.69) is 41.2 Å². The zero-order valence-electron chi connectivity index (χ0n) is 16.0. The van der Waals surface area contributed by atoms with Gasteiger partial charge in [-0.2, -0.15) is 0 Å². The third kappa shape index (κ3) is 4.37. The minimum Gasteiger partial charge on any atom is -0.431 e. The lowest BCUT2D eigenvalue weighted by Gasteiger charge is -2.25. The summed E-state index contributed by atoms with van der Waals surface area (Å²) in [7, 11) is 0. The number of aromatic nitrogens is 1. The van der Waals surface area contributed by atoms with Gasteiger partial charge in [-0.25, -0.2) is 4.98 Å². The summed E-state index contributed by atoms with van der Waals surface area (Å²) in [5, 5.41) is 2.94. The van der Waals surface area contributed by atoms with E-state index in [0.29, 0.717) is 18.1 Å². The summed E-state index contributed by atoms with van der Waals surface area (Å²) < 4.78 is 5.71. The predicted molar refractivity (Wildman–Crippen MR) is 108 cm³/mol.